The minimum atomic E-state index is 1.13. The summed E-state index contributed by atoms with van der Waals surface area (Å²) in [6, 6.07) is 0. The molecule has 2 heterocycles. The summed E-state index contributed by atoms with van der Waals surface area (Å²) in [6.45, 7) is 10.6. The molecular weight excluding hydrogens is 192 g/mol. The molecule has 1 saturated heterocycles. The number of thiazole rings is 1. The summed E-state index contributed by atoms with van der Waals surface area (Å²) >= 11 is 1.76. The molecule has 1 fully saturated rings. The molecule has 0 aromatic carbocycles. The lowest BCUT2D eigenvalue weighted by molar-refractivity contribution is 0.495. The Balaban J connectivity index is 2.21. The molecule has 1 aliphatic rings. The van der Waals surface area contributed by atoms with Gasteiger partial charge in [-0.05, 0) is 26.7 Å². The third kappa shape index (κ3) is 1.69. The van der Waals surface area contributed by atoms with Crippen LogP contribution in [-0.4, -0.2) is 23.0 Å². The summed E-state index contributed by atoms with van der Waals surface area (Å²) in [5.41, 5.74) is 2.30. The van der Waals surface area contributed by atoms with Gasteiger partial charge in [0.25, 0.3) is 0 Å². The maximum absolute atomic E-state index is 4.43. The van der Waals surface area contributed by atoms with Gasteiger partial charge in [-0.25, -0.2) is 4.98 Å². The van der Waals surface area contributed by atoms with Crippen LogP contribution >= 0.6 is 11.3 Å². The lowest BCUT2D eigenvalue weighted by Gasteiger charge is -2.19. The van der Waals surface area contributed by atoms with Crippen molar-refractivity contribution in [2.75, 3.05) is 13.1 Å². The van der Waals surface area contributed by atoms with E-state index in [0.717, 1.165) is 23.8 Å². The average molecular weight is 208 g/mol. The highest BCUT2D eigenvalue weighted by atomic mass is 32.1. The smallest absolute Gasteiger partial charge is 0.0904 e. The summed E-state index contributed by atoms with van der Waals surface area (Å²) < 4.78 is 0. The predicted octanol–water partition coefficient (Wildman–Crippen LogP) is 2.83. The molecule has 1 aromatic rings. The number of nitrogens with zero attached hydrogens (tertiary/aromatic N) is 2. The quantitative estimate of drug-likeness (QED) is 0.743. The van der Waals surface area contributed by atoms with Gasteiger partial charge in [-0.2, -0.15) is 0 Å². The molecule has 0 unspecified atom stereocenters. The normalized spacial score (nSPS) is 16.3. The molecule has 1 aliphatic heterocycles. The van der Waals surface area contributed by atoms with E-state index in [-0.39, 0.29) is 0 Å². The van der Waals surface area contributed by atoms with E-state index >= 15 is 0 Å². The van der Waals surface area contributed by atoms with Gasteiger partial charge in [0.1, 0.15) is 0 Å². The van der Waals surface area contributed by atoms with Crippen molar-refractivity contribution in [3.05, 3.63) is 22.2 Å². The van der Waals surface area contributed by atoms with E-state index in [1.807, 2.05) is 0 Å². The van der Waals surface area contributed by atoms with E-state index in [4.69, 9.17) is 0 Å². The van der Waals surface area contributed by atoms with E-state index in [2.05, 4.69) is 30.3 Å². The highest BCUT2D eigenvalue weighted by Gasteiger charge is 2.17. The summed E-state index contributed by atoms with van der Waals surface area (Å²) in [6.07, 6.45) is 2.60. The van der Waals surface area contributed by atoms with Gasteiger partial charge in [0.2, 0.25) is 0 Å². The van der Waals surface area contributed by atoms with Gasteiger partial charge in [0, 0.05) is 18.8 Å². The van der Waals surface area contributed by atoms with Gasteiger partial charge in [0.15, 0.2) is 0 Å². The lowest BCUT2D eigenvalue weighted by Crippen LogP contribution is -2.16. The first-order chi connectivity index (χ1) is 6.68. The Hall–Kier alpha value is -0.830. The Morgan fingerprint density at radius 2 is 2.00 bits per heavy atom. The fraction of sp³-hybridized carbons (Fsp3) is 0.545. The highest BCUT2D eigenvalue weighted by molar-refractivity contribution is 7.12. The molecule has 0 bridgehead atoms. The zero-order valence-electron chi connectivity index (χ0n) is 8.84. The first-order valence-electron chi connectivity index (χ1n) is 5.07. The van der Waals surface area contributed by atoms with Gasteiger partial charge in [-0.3, -0.25) is 0 Å². The van der Waals surface area contributed by atoms with Crippen LogP contribution in [0.15, 0.2) is 6.58 Å². The number of aromatic nitrogens is 1. The van der Waals surface area contributed by atoms with Crippen LogP contribution < -0.4 is 0 Å². The van der Waals surface area contributed by atoms with E-state index in [0.29, 0.717) is 0 Å². The van der Waals surface area contributed by atoms with Crippen molar-refractivity contribution in [1.82, 2.24) is 9.88 Å². The molecule has 1 aromatic heterocycles. The molecule has 0 amide bonds. The SMILES string of the molecule is C=C(c1sc(C)nc1C)N1CCCC1. The van der Waals surface area contributed by atoms with Crippen molar-refractivity contribution < 1.29 is 0 Å². The van der Waals surface area contributed by atoms with E-state index in [1.54, 1.807) is 11.3 Å². The second kappa shape index (κ2) is 3.73. The Bertz CT molecular complexity index is 348. The van der Waals surface area contributed by atoms with Crippen molar-refractivity contribution in [3.63, 3.8) is 0 Å². The molecule has 0 aliphatic carbocycles. The zero-order valence-corrected chi connectivity index (χ0v) is 9.65. The molecule has 3 heteroatoms. The number of hydrogen-bond donors (Lipinski definition) is 0. The van der Waals surface area contributed by atoms with Crippen molar-refractivity contribution in [3.8, 4) is 0 Å². The maximum Gasteiger partial charge on any atom is 0.0904 e. The highest BCUT2D eigenvalue weighted by Crippen LogP contribution is 2.29. The number of hydrogen-bond acceptors (Lipinski definition) is 3. The number of aryl methyl sites for hydroxylation is 2. The maximum atomic E-state index is 4.43. The fourth-order valence-corrected chi connectivity index (χ4v) is 2.85. The summed E-state index contributed by atoms with van der Waals surface area (Å²) in [4.78, 5) is 8.08. The topological polar surface area (TPSA) is 16.1 Å². The van der Waals surface area contributed by atoms with Gasteiger partial charge in [-0.1, -0.05) is 6.58 Å². The molecule has 0 N–H and O–H groups in total. The van der Waals surface area contributed by atoms with Crippen LogP contribution in [0.25, 0.3) is 5.70 Å². The Labute approximate surface area is 89.3 Å². The fourth-order valence-electron chi connectivity index (χ4n) is 1.93. The third-order valence-electron chi connectivity index (χ3n) is 2.65. The Kier molecular flexibility index (Phi) is 2.59. The van der Waals surface area contributed by atoms with Gasteiger partial charge in [0.05, 0.1) is 15.6 Å². The molecule has 76 valence electrons. The molecule has 0 radical (unpaired) electrons. The molecule has 14 heavy (non-hydrogen) atoms. The summed E-state index contributed by atoms with van der Waals surface area (Å²) in [5, 5.41) is 1.14. The second-order valence-corrected chi connectivity index (χ2v) is 4.99. The minimum absolute atomic E-state index is 1.13. The molecule has 2 nitrogen and oxygen atoms in total. The van der Waals surface area contributed by atoms with Crippen LogP contribution in [0, 0.1) is 13.8 Å². The standard InChI is InChI=1S/C11H16N2S/c1-8-11(14-10(3)12-8)9(2)13-6-4-5-7-13/h2,4-7H2,1,3H3. The predicted molar refractivity (Wildman–Crippen MR) is 61.4 cm³/mol. The lowest BCUT2D eigenvalue weighted by atomic mass is 10.3. The van der Waals surface area contributed by atoms with Crippen LogP contribution in [0.4, 0.5) is 0 Å². The molecule has 0 saturated carbocycles. The minimum Gasteiger partial charge on any atom is -0.371 e. The molecule has 0 atom stereocenters. The molecule has 2 rings (SSSR count). The summed E-state index contributed by atoms with van der Waals surface area (Å²) in [7, 11) is 0. The Morgan fingerprint density at radius 1 is 1.36 bits per heavy atom. The largest absolute Gasteiger partial charge is 0.371 e. The first kappa shape index (κ1) is 9.71. The van der Waals surface area contributed by atoms with E-state index in [1.165, 1.54) is 23.4 Å². The van der Waals surface area contributed by atoms with E-state index in [9.17, 15) is 0 Å². The van der Waals surface area contributed by atoms with Crippen molar-refractivity contribution in [2.45, 2.75) is 26.7 Å². The molecule has 0 spiro atoms. The monoisotopic (exact) mass is 208 g/mol. The van der Waals surface area contributed by atoms with Crippen molar-refractivity contribution in [1.29, 1.82) is 0 Å². The third-order valence-corrected chi connectivity index (χ3v) is 3.78. The van der Waals surface area contributed by atoms with Crippen molar-refractivity contribution in [2.24, 2.45) is 0 Å². The van der Waals surface area contributed by atoms with Gasteiger partial charge < -0.3 is 4.90 Å². The number of rotatable bonds is 2. The van der Waals surface area contributed by atoms with Crippen LogP contribution in [0.5, 0.6) is 0 Å². The van der Waals surface area contributed by atoms with Gasteiger partial charge >= 0.3 is 0 Å². The first-order valence-corrected chi connectivity index (χ1v) is 5.88. The van der Waals surface area contributed by atoms with Crippen molar-refractivity contribution >= 4 is 17.0 Å². The Morgan fingerprint density at radius 3 is 2.50 bits per heavy atom. The van der Waals surface area contributed by atoms with Crippen LogP contribution in [-0.2, 0) is 0 Å². The van der Waals surface area contributed by atoms with Gasteiger partial charge in [-0.15, -0.1) is 11.3 Å². The number of likely N-dealkylation sites (tertiary alicyclic amines) is 1. The van der Waals surface area contributed by atoms with Crippen LogP contribution in [0.1, 0.15) is 28.4 Å². The van der Waals surface area contributed by atoms with Crippen LogP contribution in [0.2, 0.25) is 0 Å². The summed E-state index contributed by atoms with van der Waals surface area (Å²) in [5.74, 6) is 0. The average Bonchev–Trinajstić information content (AvgIpc) is 2.73. The second-order valence-electron chi connectivity index (χ2n) is 3.79. The zero-order chi connectivity index (χ0) is 10.1. The molecular formula is C11H16N2S. The van der Waals surface area contributed by atoms with E-state index < -0.39 is 0 Å². The van der Waals surface area contributed by atoms with Crippen LogP contribution in [0.3, 0.4) is 0 Å².